The number of hydrogen-bond donors (Lipinski definition) is 2. The molecule has 0 aromatic heterocycles. The fraction of sp³-hybridized carbons (Fsp3) is 0.400. The van der Waals surface area contributed by atoms with Crippen LogP contribution < -0.4 is 5.32 Å². The summed E-state index contributed by atoms with van der Waals surface area (Å²) in [6, 6.07) is 4.52. The number of aliphatic hydroxyl groups excluding tert-OH is 1. The molecular weight excluding hydrogens is 249 g/mol. The summed E-state index contributed by atoms with van der Waals surface area (Å²) in [5.74, 6) is -0.107. The van der Waals surface area contributed by atoms with E-state index < -0.39 is 6.10 Å². The third kappa shape index (κ3) is 1.97. The molecule has 76 valence electrons. The first-order chi connectivity index (χ1) is 6.66. The van der Waals surface area contributed by atoms with Gasteiger partial charge >= 0.3 is 0 Å². The number of aliphatic hydroxyl groups is 1. The summed E-state index contributed by atoms with van der Waals surface area (Å²) in [4.78, 5) is 0. The molecule has 1 aliphatic rings. The Hall–Kier alpha value is -0.450. The Kier molecular flexibility index (Phi) is 2.85. The molecule has 0 radical (unpaired) electrons. The lowest BCUT2D eigenvalue weighted by Crippen LogP contribution is -2.45. The Morgan fingerprint density at radius 2 is 2.14 bits per heavy atom. The number of nitrogens with one attached hydrogen (secondary N) is 1. The average Bonchev–Trinajstić information content (AvgIpc) is 1.98. The first kappa shape index (κ1) is 10.1. The normalized spacial score (nSPS) is 19.1. The molecule has 2 nitrogen and oxygen atoms in total. The molecule has 2 rings (SSSR count). The smallest absolute Gasteiger partial charge is 0.124 e. The lowest BCUT2D eigenvalue weighted by molar-refractivity contribution is 0.0764. The van der Waals surface area contributed by atoms with Crippen molar-refractivity contribution < 1.29 is 9.50 Å². The van der Waals surface area contributed by atoms with Crippen LogP contribution in [0, 0.1) is 11.7 Å². The van der Waals surface area contributed by atoms with E-state index in [2.05, 4.69) is 21.2 Å². The Morgan fingerprint density at radius 1 is 1.43 bits per heavy atom. The van der Waals surface area contributed by atoms with Crippen molar-refractivity contribution in [1.29, 1.82) is 0 Å². The number of halogens is 2. The van der Waals surface area contributed by atoms with Gasteiger partial charge in [0.15, 0.2) is 0 Å². The van der Waals surface area contributed by atoms with Crippen LogP contribution in [0.15, 0.2) is 22.7 Å². The van der Waals surface area contributed by atoms with Crippen molar-refractivity contribution in [2.75, 3.05) is 13.1 Å². The van der Waals surface area contributed by atoms with Crippen LogP contribution in [0.1, 0.15) is 11.7 Å². The summed E-state index contributed by atoms with van der Waals surface area (Å²) in [5, 5.41) is 12.9. The van der Waals surface area contributed by atoms with E-state index in [1.165, 1.54) is 12.1 Å². The van der Waals surface area contributed by atoms with Gasteiger partial charge in [0.1, 0.15) is 5.82 Å². The molecule has 0 saturated carbocycles. The lowest BCUT2D eigenvalue weighted by atomic mass is 9.91. The van der Waals surface area contributed by atoms with Crippen molar-refractivity contribution in [3.8, 4) is 0 Å². The van der Waals surface area contributed by atoms with Crippen LogP contribution in [0.4, 0.5) is 4.39 Å². The minimum atomic E-state index is -0.566. The van der Waals surface area contributed by atoms with Gasteiger partial charge in [0.2, 0.25) is 0 Å². The van der Waals surface area contributed by atoms with E-state index in [0.29, 0.717) is 10.0 Å². The highest BCUT2D eigenvalue weighted by Crippen LogP contribution is 2.27. The Morgan fingerprint density at radius 3 is 2.64 bits per heavy atom. The lowest BCUT2D eigenvalue weighted by Gasteiger charge is -2.31. The van der Waals surface area contributed by atoms with Crippen LogP contribution in [-0.2, 0) is 0 Å². The Labute approximate surface area is 90.3 Å². The second kappa shape index (κ2) is 3.96. The number of hydrogen-bond acceptors (Lipinski definition) is 2. The summed E-state index contributed by atoms with van der Waals surface area (Å²) in [6.45, 7) is 1.60. The molecule has 1 aromatic rings. The summed E-state index contributed by atoms with van der Waals surface area (Å²) in [5.41, 5.74) is 0.642. The predicted octanol–water partition coefficient (Wildman–Crippen LogP) is 1.84. The maximum atomic E-state index is 13.0. The highest BCUT2D eigenvalue weighted by Gasteiger charge is 2.26. The quantitative estimate of drug-likeness (QED) is 0.850. The largest absolute Gasteiger partial charge is 0.388 e. The van der Waals surface area contributed by atoms with Gasteiger partial charge in [-0.05, 0) is 23.8 Å². The van der Waals surface area contributed by atoms with Crippen LogP contribution in [0.2, 0.25) is 0 Å². The predicted molar refractivity (Wildman–Crippen MR) is 55.4 cm³/mol. The third-order valence-electron chi connectivity index (χ3n) is 2.49. The second-order valence-corrected chi connectivity index (χ2v) is 4.48. The molecule has 1 fully saturated rings. The maximum absolute atomic E-state index is 13.0. The second-order valence-electron chi connectivity index (χ2n) is 3.57. The van der Waals surface area contributed by atoms with Crippen LogP contribution in [-0.4, -0.2) is 18.2 Å². The van der Waals surface area contributed by atoms with Crippen LogP contribution >= 0.6 is 15.9 Å². The molecule has 0 bridgehead atoms. The summed E-state index contributed by atoms with van der Waals surface area (Å²) < 4.78 is 13.7. The SMILES string of the molecule is OC(c1cc(F)cc(Br)c1)C1CNC1. The van der Waals surface area contributed by atoms with Crippen molar-refractivity contribution in [3.05, 3.63) is 34.1 Å². The van der Waals surface area contributed by atoms with Crippen molar-refractivity contribution in [3.63, 3.8) is 0 Å². The van der Waals surface area contributed by atoms with Gasteiger partial charge in [0.25, 0.3) is 0 Å². The maximum Gasteiger partial charge on any atom is 0.124 e. The van der Waals surface area contributed by atoms with E-state index in [1.807, 2.05) is 0 Å². The van der Waals surface area contributed by atoms with E-state index in [4.69, 9.17) is 0 Å². The van der Waals surface area contributed by atoms with E-state index >= 15 is 0 Å². The molecule has 1 heterocycles. The molecule has 1 saturated heterocycles. The highest BCUT2D eigenvalue weighted by atomic mass is 79.9. The van der Waals surface area contributed by atoms with E-state index in [1.54, 1.807) is 6.07 Å². The van der Waals surface area contributed by atoms with Crippen LogP contribution in [0.3, 0.4) is 0 Å². The third-order valence-corrected chi connectivity index (χ3v) is 2.94. The summed E-state index contributed by atoms with van der Waals surface area (Å²) >= 11 is 3.20. The molecule has 2 N–H and O–H groups in total. The van der Waals surface area contributed by atoms with Gasteiger partial charge in [-0.3, -0.25) is 0 Å². The first-order valence-electron chi connectivity index (χ1n) is 4.51. The number of benzene rings is 1. The fourth-order valence-electron chi connectivity index (χ4n) is 1.55. The average molecular weight is 260 g/mol. The van der Waals surface area contributed by atoms with Crippen molar-refractivity contribution in [2.24, 2.45) is 5.92 Å². The molecule has 1 atom stereocenters. The Bertz CT molecular complexity index is 321. The van der Waals surface area contributed by atoms with Gasteiger partial charge in [-0.1, -0.05) is 15.9 Å². The van der Waals surface area contributed by atoms with Crippen LogP contribution in [0.25, 0.3) is 0 Å². The Balaban J connectivity index is 2.21. The molecule has 0 amide bonds. The zero-order valence-electron chi connectivity index (χ0n) is 7.50. The molecule has 0 spiro atoms. The molecule has 0 aliphatic carbocycles. The highest BCUT2D eigenvalue weighted by molar-refractivity contribution is 9.10. The first-order valence-corrected chi connectivity index (χ1v) is 5.31. The monoisotopic (exact) mass is 259 g/mol. The van der Waals surface area contributed by atoms with Crippen molar-refractivity contribution >= 4 is 15.9 Å². The minimum absolute atomic E-state index is 0.212. The van der Waals surface area contributed by atoms with Crippen LogP contribution in [0.5, 0.6) is 0 Å². The topological polar surface area (TPSA) is 32.3 Å². The summed E-state index contributed by atoms with van der Waals surface area (Å²) in [6.07, 6.45) is -0.566. The minimum Gasteiger partial charge on any atom is -0.388 e. The van der Waals surface area contributed by atoms with E-state index in [-0.39, 0.29) is 11.7 Å². The van der Waals surface area contributed by atoms with Gasteiger partial charge in [-0.15, -0.1) is 0 Å². The van der Waals surface area contributed by atoms with Gasteiger partial charge in [0, 0.05) is 23.5 Å². The van der Waals surface area contributed by atoms with Crippen molar-refractivity contribution in [1.82, 2.24) is 5.32 Å². The fourth-order valence-corrected chi connectivity index (χ4v) is 2.04. The molecule has 1 unspecified atom stereocenters. The summed E-state index contributed by atoms with van der Waals surface area (Å²) in [7, 11) is 0. The standard InChI is InChI=1S/C10H11BrFNO/c11-8-1-6(2-9(12)3-8)10(14)7-4-13-5-7/h1-3,7,10,13-14H,4-5H2. The van der Waals surface area contributed by atoms with Gasteiger partial charge < -0.3 is 10.4 Å². The van der Waals surface area contributed by atoms with E-state index in [9.17, 15) is 9.50 Å². The molecule has 14 heavy (non-hydrogen) atoms. The van der Waals surface area contributed by atoms with Crippen molar-refractivity contribution in [2.45, 2.75) is 6.10 Å². The number of rotatable bonds is 2. The van der Waals surface area contributed by atoms with Gasteiger partial charge in [-0.2, -0.15) is 0 Å². The molecule has 1 aliphatic heterocycles. The molecule has 1 aromatic carbocycles. The zero-order chi connectivity index (χ0) is 10.1. The van der Waals surface area contributed by atoms with Gasteiger partial charge in [-0.25, -0.2) is 4.39 Å². The zero-order valence-corrected chi connectivity index (χ0v) is 9.09. The molecule has 4 heteroatoms. The van der Waals surface area contributed by atoms with Gasteiger partial charge in [0.05, 0.1) is 6.10 Å². The van der Waals surface area contributed by atoms with E-state index in [0.717, 1.165) is 13.1 Å². The molecular formula is C10H11BrFNO.